The minimum absolute atomic E-state index is 0.335. The van der Waals surface area contributed by atoms with Gasteiger partial charge in [0.15, 0.2) is 0 Å². The third kappa shape index (κ3) is 1.92. The minimum atomic E-state index is 0.335. The highest BCUT2D eigenvalue weighted by Gasteiger charge is 2.23. The Hall–Kier alpha value is -0.120. The lowest BCUT2D eigenvalue weighted by atomic mass is 10.3. The second-order valence-electron chi connectivity index (χ2n) is 3.11. The minimum Gasteiger partial charge on any atom is -0.379 e. The number of hydrogen-bond donors (Lipinski definition) is 0. The van der Waals surface area contributed by atoms with Crippen LogP contribution in [0, 0.1) is 0 Å². The molecule has 2 heterocycles. The van der Waals surface area contributed by atoms with Crippen LogP contribution in [0.4, 0.5) is 0 Å². The summed E-state index contributed by atoms with van der Waals surface area (Å²) in [5.41, 5.74) is 0. The van der Waals surface area contributed by atoms with E-state index in [9.17, 15) is 0 Å². The van der Waals surface area contributed by atoms with Gasteiger partial charge in [0.05, 0.1) is 25.4 Å². The summed E-state index contributed by atoms with van der Waals surface area (Å²) in [5.74, 6) is 0. The van der Waals surface area contributed by atoms with E-state index in [1.807, 2.05) is 0 Å². The summed E-state index contributed by atoms with van der Waals surface area (Å²) < 4.78 is 16.1. The van der Waals surface area contributed by atoms with E-state index in [0.717, 1.165) is 39.3 Å². The Labute approximate surface area is 66.6 Å². The van der Waals surface area contributed by atoms with E-state index >= 15 is 0 Å². The number of rotatable bonds is 2. The smallest absolute Gasteiger partial charge is 0.0835 e. The summed E-state index contributed by atoms with van der Waals surface area (Å²) in [6, 6.07) is 0. The molecule has 0 aliphatic carbocycles. The Bertz CT molecular complexity index is 101. The van der Waals surface area contributed by atoms with E-state index < -0.39 is 0 Å². The van der Waals surface area contributed by atoms with Crippen molar-refractivity contribution in [2.24, 2.45) is 0 Å². The molecule has 2 atom stereocenters. The molecule has 2 fully saturated rings. The molecule has 0 spiro atoms. The van der Waals surface area contributed by atoms with Crippen LogP contribution < -0.4 is 0 Å². The normalized spacial score (nSPS) is 38.2. The Kier molecular flexibility index (Phi) is 2.41. The lowest BCUT2D eigenvalue weighted by Crippen LogP contribution is -2.22. The van der Waals surface area contributed by atoms with Gasteiger partial charge in [-0.05, 0) is 12.8 Å². The van der Waals surface area contributed by atoms with Gasteiger partial charge in [-0.1, -0.05) is 0 Å². The van der Waals surface area contributed by atoms with Gasteiger partial charge in [-0.25, -0.2) is 0 Å². The molecule has 64 valence electrons. The van der Waals surface area contributed by atoms with Gasteiger partial charge in [0.2, 0.25) is 0 Å². The molecule has 2 unspecified atom stereocenters. The zero-order valence-electron chi connectivity index (χ0n) is 6.62. The van der Waals surface area contributed by atoms with E-state index in [1.54, 1.807) is 0 Å². The van der Waals surface area contributed by atoms with Crippen LogP contribution in [0.25, 0.3) is 0 Å². The average Bonchev–Trinajstić information content (AvgIpc) is 2.60. The second-order valence-corrected chi connectivity index (χ2v) is 3.11. The number of hydrogen-bond acceptors (Lipinski definition) is 3. The van der Waals surface area contributed by atoms with Crippen molar-refractivity contribution in [2.45, 2.75) is 25.0 Å². The average molecular weight is 158 g/mol. The van der Waals surface area contributed by atoms with E-state index in [1.165, 1.54) is 0 Å². The quantitative estimate of drug-likeness (QED) is 0.588. The van der Waals surface area contributed by atoms with Gasteiger partial charge in [0, 0.05) is 13.2 Å². The van der Waals surface area contributed by atoms with Gasteiger partial charge in [-0.2, -0.15) is 0 Å². The first kappa shape index (κ1) is 7.53. The molecule has 3 nitrogen and oxygen atoms in total. The molecule has 0 aromatic heterocycles. The van der Waals surface area contributed by atoms with Crippen LogP contribution in [-0.2, 0) is 14.2 Å². The largest absolute Gasteiger partial charge is 0.379 e. The first-order chi connectivity index (χ1) is 5.45. The van der Waals surface area contributed by atoms with Crippen LogP contribution >= 0.6 is 0 Å². The van der Waals surface area contributed by atoms with Crippen LogP contribution in [0.5, 0.6) is 0 Å². The van der Waals surface area contributed by atoms with Crippen molar-refractivity contribution in [1.29, 1.82) is 0 Å². The first-order valence-electron chi connectivity index (χ1n) is 4.26. The molecule has 0 radical (unpaired) electrons. The third-order valence-corrected chi connectivity index (χ3v) is 2.16. The Morgan fingerprint density at radius 1 is 0.909 bits per heavy atom. The van der Waals surface area contributed by atoms with Crippen LogP contribution in [0.1, 0.15) is 12.8 Å². The topological polar surface area (TPSA) is 27.7 Å². The van der Waals surface area contributed by atoms with E-state index in [-0.39, 0.29) is 0 Å². The van der Waals surface area contributed by atoms with Crippen molar-refractivity contribution >= 4 is 0 Å². The van der Waals surface area contributed by atoms with Crippen molar-refractivity contribution in [1.82, 2.24) is 0 Å². The Morgan fingerprint density at radius 2 is 1.45 bits per heavy atom. The van der Waals surface area contributed by atoms with Crippen molar-refractivity contribution < 1.29 is 14.2 Å². The van der Waals surface area contributed by atoms with Gasteiger partial charge >= 0.3 is 0 Å². The lowest BCUT2D eigenvalue weighted by molar-refractivity contribution is -0.0186. The zero-order chi connectivity index (χ0) is 7.52. The summed E-state index contributed by atoms with van der Waals surface area (Å²) in [6.07, 6.45) is 2.77. The highest BCUT2D eigenvalue weighted by atomic mass is 16.6. The van der Waals surface area contributed by atoms with Crippen molar-refractivity contribution in [3.8, 4) is 0 Å². The molecular weight excluding hydrogens is 144 g/mol. The molecular formula is C8H14O3. The first-order valence-corrected chi connectivity index (χ1v) is 4.26. The molecule has 2 aliphatic heterocycles. The van der Waals surface area contributed by atoms with E-state index in [2.05, 4.69) is 0 Å². The highest BCUT2D eigenvalue weighted by Crippen LogP contribution is 2.15. The molecule has 0 bridgehead atoms. The maximum absolute atomic E-state index is 5.72. The van der Waals surface area contributed by atoms with E-state index in [4.69, 9.17) is 14.2 Å². The van der Waals surface area contributed by atoms with E-state index in [0.29, 0.717) is 12.2 Å². The fraction of sp³-hybridized carbons (Fsp3) is 1.00. The van der Waals surface area contributed by atoms with Crippen molar-refractivity contribution in [3.63, 3.8) is 0 Å². The fourth-order valence-electron chi connectivity index (χ4n) is 1.51. The molecule has 11 heavy (non-hydrogen) atoms. The summed E-state index contributed by atoms with van der Waals surface area (Å²) in [4.78, 5) is 0. The van der Waals surface area contributed by atoms with Gasteiger partial charge in [-0.15, -0.1) is 0 Å². The standard InChI is InChI=1S/C8H14O3/c1-3-9-5-7(1)11-8-2-4-10-6-8/h7-8H,1-6H2. The van der Waals surface area contributed by atoms with Crippen LogP contribution in [0.2, 0.25) is 0 Å². The van der Waals surface area contributed by atoms with Crippen LogP contribution in [0.15, 0.2) is 0 Å². The van der Waals surface area contributed by atoms with Gasteiger partial charge in [0.1, 0.15) is 0 Å². The summed E-state index contributed by atoms with van der Waals surface area (Å²) in [5, 5.41) is 0. The molecule has 0 saturated carbocycles. The van der Waals surface area contributed by atoms with Crippen LogP contribution in [-0.4, -0.2) is 38.6 Å². The molecule has 2 aliphatic rings. The van der Waals surface area contributed by atoms with Crippen LogP contribution in [0.3, 0.4) is 0 Å². The maximum atomic E-state index is 5.72. The predicted molar refractivity (Wildman–Crippen MR) is 39.5 cm³/mol. The molecule has 0 aromatic rings. The molecule has 2 rings (SSSR count). The highest BCUT2D eigenvalue weighted by molar-refractivity contribution is 4.69. The van der Waals surface area contributed by atoms with Gasteiger partial charge in [0.25, 0.3) is 0 Å². The molecule has 3 heteroatoms. The third-order valence-electron chi connectivity index (χ3n) is 2.16. The Balaban J connectivity index is 1.71. The molecule has 0 aromatic carbocycles. The summed E-state index contributed by atoms with van der Waals surface area (Å²) in [7, 11) is 0. The number of ether oxygens (including phenoxy) is 3. The maximum Gasteiger partial charge on any atom is 0.0835 e. The predicted octanol–water partition coefficient (Wildman–Crippen LogP) is 0.581. The molecule has 2 saturated heterocycles. The summed E-state index contributed by atoms with van der Waals surface area (Å²) >= 11 is 0. The van der Waals surface area contributed by atoms with Gasteiger partial charge in [-0.3, -0.25) is 0 Å². The molecule has 0 amide bonds. The second kappa shape index (κ2) is 3.52. The van der Waals surface area contributed by atoms with Crippen molar-refractivity contribution in [3.05, 3.63) is 0 Å². The summed E-state index contributed by atoms with van der Waals surface area (Å²) in [6.45, 7) is 3.27. The SMILES string of the molecule is C1CC(OC2CCOC2)CO1. The molecule has 0 N–H and O–H groups in total. The fourth-order valence-corrected chi connectivity index (χ4v) is 1.51. The van der Waals surface area contributed by atoms with Crippen molar-refractivity contribution in [2.75, 3.05) is 26.4 Å². The zero-order valence-corrected chi connectivity index (χ0v) is 6.62. The lowest BCUT2D eigenvalue weighted by Gasteiger charge is -2.14. The monoisotopic (exact) mass is 158 g/mol. The Morgan fingerprint density at radius 3 is 1.82 bits per heavy atom. The van der Waals surface area contributed by atoms with Gasteiger partial charge < -0.3 is 14.2 Å².